The molecule has 0 radical (unpaired) electrons. The molecule has 242 valence electrons. The van der Waals surface area contributed by atoms with Crippen molar-refractivity contribution in [2.75, 3.05) is 0 Å². The van der Waals surface area contributed by atoms with Crippen LogP contribution in [0.1, 0.15) is 0 Å². The van der Waals surface area contributed by atoms with Gasteiger partial charge in [-0.05, 0) is 48.5 Å². The van der Waals surface area contributed by atoms with Crippen molar-refractivity contribution in [1.82, 2.24) is 23.9 Å². The lowest BCUT2D eigenvalue weighted by molar-refractivity contribution is 1.07. The summed E-state index contributed by atoms with van der Waals surface area (Å²) in [4.78, 5) is 14.9. The van der Waals surface area contributed by atoms with Crippen LogP contribution >= 0.6 is 0 Å². The number of benzene rings is 7. The zero-order chi connectivity index (χ0) is 34.2. The summed E-state index contributed by atoms with van der Waals surface area (Å²) in [6.07, 6.45) is 0. The van der Waals surface area contributed by atoms with Gasteiger partial charge >= 0.3 is 0 Å². The maximum atomic E-state index is 4.98. The minimum absolute atomic E-state index is 0.639. The lowest BCUT2D eigenvalue weighted by Gasteiger charge is -2.14. The second kappa shape index (κ2) is 11.2. The zero-order valence-corrected chi connectivity index (χ0v) is 28.0. The highest BCUT2D eigenvalue weighted by Gasteiger charge is 2.20. The summed E-state index contributed by atoms with van der Waals surface area (Å²) in [5, 5.41) is 7.40. The molecule has 7 aromatic carbocycles. The van der Waals surface area contributed by atoms with Crippen LogP contribution in [-0.4, -0.2) is 23.9 Å². The van der Waals surface area contributed by atoms with Gasteiger partial charge in [0.15, 0.2) is 17.5 Å². The Morgan fingerprint density at radius 1 is 0.346 bits per heavy atom. The molecule has 11 rings (SSSR count). The van der Waals surface area contributed by atoms with Crippen molar-refractivity contribution >= 4 is 59.9 Å². The standard InChI is InChI=1S/C47H29N5/c1-3-13-30(14-4-1)45-48-46(31-15-5-2-6-16-31)50-47(49-45)32-23-25-34(26-24-32)51-40-21-11-8-18-35(40)36-27-28-38-42-29-33-17-7-10-20-39(33)52(42)41-22-12-9-19-37(41)43(38)44(36)51/h1-29H. The van der Waals surface area contributed by atoms with Gasteiger partial charge in [0.25, 0.3) is 0 Å². The fourth-order valence-corrected chi connectivity index (χ4v) is 8.00. The Morgan fingerprint density at radius 3 is 1.52 bits per heavy atom. The molecule has 0 aliphatic carbocycles. The Hall–Kier alpha value is -7.11. The van der Waals surface area contributed by atoms with E-state index < -0.39 is 0 Å². The van der Waals surface area contributed by atoms with Gasteiger partial charge in [0.2, 0.25) is 0 Å². The first-order valence-corrected chi connectivity index (χ1v) is 17.5. The van der Waals surface area contributed by atoms with E-state index in [-0.39, 0.29) is 0 Å². The molecule has 0 saturated heterocycles. The Kier molecular flexibility index (Phi) is 6.18. The molecule has 52 heavy (non-hydrogen) atoms. The fraction of sp³-hybridized carbons (Fsp3) is 0. The van der Waals surface area contributed by atoms with E-state index >= 15 is 0 Å². The van der Waals surface area contributed by atoms with Crippen LogP contribution < -0.4 is 0 Å². The van der Waals surface area contributed by atoms with E-state index in [9.17, 15) is 0 Å². The van der Waals surface area contributed by atoms with Gasteiger partial charge in [-0.3, -0.25) is 0 Å². The average molecular weight is 664 g/mol. The van der Waals surface area contributed by atoms with E-state index in [1.54, 1.807) is 0 Å². The lowest BCUT2D eigenvalue weighted by atomic mass is 10.0. The second-order valence-electron chi connectivity index (χ2n) is 13.3. The van der Waals surface area contributed by atoms with Crippen LogP contribution in [0.2, 0.25) is 0 Å². The molecule has 0 amide bonds. The molecule has 0 aliphatic rings. The molecule has 4 heterocycles. The first-order chi connectivity index (χ1) is 25.8. The Morgan fingerprint density at radius 2 is 0.846 bits per heavy atom. The Balaban J connectivity index is 1.16. The van der Waals surface area contributed by atoms with Gasteiger partial charge in [-0.2, -0.15) is 0 Å². The van der Waals surface area contributed by atoms with Crippen LogP contribution in [0, 0.1) is 0 Å². The highest BCUT2D eigenvalue weighted by atomic mass is 15.0. The van der Waals surface area contributed by atoms with E-state index in [4.69, 9.17) is 15.0 Å². The number of para-hydroxylation sites is 3. The zero-order valence-electron chi connectivity index (χ0n) is 28.0. The molecule has 0 unspecified atom stereocenters. The average Bonchev–Trinajstić information content (AvgIpc) is 3.78. The number of pyridine rings is 1. The quantitative estimate of drug-likeness (QED) is 0.176. The predicted octanol–water partition coefficient (Wildman–Crippen LogP) is 11.7. The minimum atomic E-state index is 0.639. The molecule has 0 spiro atoms. The van der Waals surface area contributed by atoms with Crippen molar-refractivity contribution in [3.63, 3.8) is 0 Å². The number of nitrogens with zero attached hydrogens (tertiary/aromatic N) is 5. The first-order valence-electron chi connectivity index (χ1n) is 17.5. The number of hydrogen-bond acceptors (Lipinski definition) is 3. The fourth-order valence-electron chi connectivity index (χ4n) is 8.00. The number of rotatable bonds is 4. The summed E-state index contributed by atoms with van der Waals surface area (Å²) in [5.41, 5.74) is 9.91. The minimum Gasteiger partial charge on any atom is -0.309 e. The molecule has 0 aliphatic heterocycles. The molecule has 5 nitrogen and oxygen atoms in total. The number of aromatic nitrogens is 5. The van der Waals surface area contributed by atoms with E-state index in [0.29, 0.717) is 17.5 Å². The second-order valence-corrected chi connectivity index (χ2v) is 13.3. The normalized spacial score (nSPS) is 11.8. The van der Waals surface area contributed by atoms with Gasteiger partial charge < -0.3 is 8.97 Å². The van der Waals surface area contributed by atoms with E-state index in [1.165, 1.54) is 59.9 Å². The molecule has 0 N–H and O–H groups in total. The smallest absolute Gasteiger partial charge is 0.164 e. The van der Waals surface area contributed by atoms with Crippen molar-refractivity contribution in [2.24, 2.45) is 0 Å². The van der Waals surface area contributed by atoms with Crippen LogP contribution in [0.4, 0.5) is 0 Å². The Labute approximate surface area is 298 Å². The van der Waals surface area contributed by atoms with Crippen LogP contribution in [-0.2, 0) is 0 Å². The van der Waals surface area contributed by atoms with Crippen molar-refractivity contribution in [3.8, 4) is 39.9 Å². The predicted molar refractivity (Wildman–Crippen MR) is 214 cm³/mol. The number of hydrogen-bond donors (Lipinski definition) is 0. The lowest BCUT2D eigenvalue weighted by Crippen LogP contribution is -2.00. The van der Waals surface area contributed by atoms with Crippen LogP contribution in [0.25, 0.3) is 99.8 Å². The summed E-state index contributed by atoms with van der Waals surface area (Å²) >= 11 is 0. The molecule has 4 aromatic heterocycles. The molecular formula is C47H29N5. The summed E-state index contributed by atoms with van der Waals surface area (Å²) in [7, 11) is 0. The summed E-state index contributed by atoms with van der Waals surface area (Å²) in [5.74, 6) is 1.94. The highest BCUT2D eigenvalue weighted by molar-refractivity contribution is 6.28. The maximum Gasteiger partial charge on any atom is 0.164 e. The molecule has 11 aromatic rings. The van der Waals surface area contributed by atoms with Crippen LogP contribution in [0.15, 0.2) is 176 Å². The maximum absolute atomic E-state index is 4.98. The van der Waals surface area contributed by atoms with E-state index in [2.05, 4.69) is 124 Å². The third kappa shape index (κ3) is 4.26. The van der Waals surface area contributed by atoms with Crippen molar-refractivity contribution < 1.29 is 0 Å². The summed E-state index contributed by atoms with van der Waals surface area (Å²) in [6.45, 7) is 0. The van der Waals surface area contributed by atoms with E-state index in [1.807, 2.05) is 60.7 Å². The third-order valence-corrected chi connectivity index (χ3v) is 10.3. The van der Waals surface area contributed by atoms with Crippen LogP contribution in [0.5, 0.6) is 0 Å². The van der Waals surface area contributed by atoms with Gasteiger partial charge in [-0.25, -0.2) is 15.0 Å². The van der Waals surface area contributed by atoms with Gasteiger partial charge in [0, 0.05) is 54.7 Å². The van der Waals surface area contributed by atoms with Crippen LogP contribution in [0.3, 0.4) is 0 Å². The summed E-state index contributed by atoms with van der Waals surface area (Å²) in [6, 6.07) is 62.0. The topological polar surface area (TPSA) is 48.0 Å². The number of fused-ring (bicyclic) bond motifs is 12. The van der Waals surface area contributed by atoms with Gasteiger partial charge in [0.05, 0.1) is 27.6 Å². The molecule has 0 saturated carbocycles. The van der Waals surface area contributed by atoms with E-state index in [0.717, 1.165) is 22.4 Å². The van der Waals surface area contributed by atoms with Gasteiger partial charge in [0.1, 0.15) is 0 Å². The molecule has 0 bridgehead atoms. The SMILES string of the molecule is c1ccc(-c2nc(-c3ccccc3)nc(-c3ccc(-n4c5ccccc5c5ccc6c(c7ccccc7n7c8ccccc8cc67)c54)cc3)n2)cc1. The monoisotopic (exact) mass is 663 g/mol. The van der Waals surface area contributed by atoms with Crippen molar-refractivity contribution in [2.45, 2.75) is 0 Å². The highest BCUT2D eigenvalue weighted by Crippen LogP contribution is 2.42. The van der Waals surface area contributed by atoms with Gasteiger partial charge in [-0.15, -0.1) is 0 Å². The van der Waals surface area contributed by atoms with Crippen molar-refractivity contribution in [1.29, 1.82) is 0 Å². The molecular weight excluding hydrogens is 635 g/mol. The Bertz CT molecular complexity index is 3100. The van der Waals surface area contributed by atoms with Gasteiger partial charge in [-0.1, -0.05) is 127 Å². The molecule has 0 atom stereocenters. The summed E-state index contributed by atoms with van der Waals surface area (Å²) < 4.78 is 4.85. The third-order valence-electron chi connectivity index (χ3n) is 10.3. The van der Waals surface area contributed by atoms with Crippen molar-refractivity contribution in [3.05, 3.63) is 176 Å². The molecule has 0 fully saturated rings. The largest absolute Gasteiger partial charge is 0.309 e. The molecule has 5 heteroatoms. The first kappa shape index (κ1) is 28.7.